The fourth-order valence-corrected chi connectivity index (χ4v) is 3.07. The quantitative estimate of drug-likeness (QED) is 0.611. The Morgan fingerprint density at radius 1 is 1.12 bits per heavy atom. The normalized spacial score (nSPS) is 15.7. The number of fused-ring (bicyclic) bond motifs is 1. The van der Waals surface area contributed by atoms with Crippen LogP contribution in [-0.4, -0.2) is 31.1 Å². The van der Waals surface area contributed by atoms with Gasteiger partial charge in [-0.15, -0.1) is 0 Å². The number of carbonyl (C=O) groups excluding carboxylic acids is 1. The van der Waals surface area contributed by atoms with Crippen LogP contribution in [0.2, 0.25) is 10.0 Å². The van der Waals surface area contributed by atoms with Crippen LogP contribution >= 0.6 is 23.2 Å². The van der Waals surface area contributed by atoms with Crippen molar-refractivity contribution in [2.24, 2.45) is 5.16 Å². The first-order chi connectivity index (χ1) is 12.2. The van der Waals surface area contributed by atoms with Gasteiger partial charge in [0.25, 0.3) is 5.91 Å². The minimum Gasteiger partial charge on any atom is -0.307 e. The summed E-state index contributed by atoms with van der Waals surface area (Å²) in [5.74, 6) is -0.264. The fourth-order valence-electron chi connectivity index (χ4n) is 2.59. The first kappa shape index (κ1) is 18.7. The summed E-state index contributed by atoms with van der Waals surface area (Å²) in [7, 11) is -4.72. The molecule has 1 heterocycles. The Morgan fingerprint density at radius 2 is 1.77 bits per heavy atom. The molecule has 7 nitrogen and oxygen atoms in total. The zero-order valence-electron chi connectivity index (χ0n) is 13.1. The van der Waals surface area contributed by atoms with E-state index in [1.165, 1.54) is 4.90 Å². The SMILES string of the molecule is O=C(c1ccc(Cl)cc1)N1CC/C(=N\OS(=O)(=O)O)c2ccc(Cl)cc21. The van der Waals surface area contributed by atoms with Crippen molar-refractivity contribution < 1.29 is 22.0 Å². The Labute approximate surface area is 159 Å². The molecular formula is C16H12Cl2N2O5S. The van der Waals surface area contributed by atoms with E-state index in [1.807, 2.05) is 0 Å². The third-order valence-electron chi connectivity index (χ3n) is 3.71. The predicted molar refractivity (Wildman–Crippen MR) is 98.4 cm³/mol. The van der Waals surface area contributed by atoms with Gasteiger partial charge in [0.05, 0.1) is 11.4 Å². The number of amides is 1. The van der Waals surface area contributed by atoms with E-state index in [2.05, 4.69) is 9.44 Å². The van der Waals surface area contributed by atoms with Gasteiger partial charge in [0, 0.05) is 34.1 Å². The van der Waals surface area contributed by atoms with Crippen molar-refractivity contribution in [1.82, 2.24) is 0 Å². The summed E-state index contributed by atoms with van der Waals surface area (Å²) in [5.41, 5.74) is 1.65. The first-order valence-corrected chi connectivity index (χ1v) is 9.47. The van der Waals surface area contributed by atoms with Gasteiger partial charge >= 0.3 is 10.4 Å². The first-order valence-electron chi connectivity index (χ1n) is 7.35. The van der Waals surface area contributed by atoms with Crippen LogP contribution in [0.4, 0.5) is 5.69 Å². The molecule has 2 aromatic rings. The maximum atomic E-state index is 12.8. The molecule has 26 heavy (non-hydrogen) atoms. The molecule has 0 aliphatic carbocycles. The van der Waals surface area contributed by atoms with E-state index in [-0.39, 0.29) is 24.6 Å². The van der Waals surface area contributed by atoms with Crippen molar-refractivity contribution in [3.63, 3.8) is 0 Å². The van der Waals surface area contributed by atoms with E-state index < -0.39 is 10.4 Å². The standard InChI is InChI=1S/C16H12Cl2N2O5S/c17-11-3-1-10(2-4-11)16(21)20-8-7-14(19-25-26(22,23)24)13-6-5-12(18)9-15(13)20/h1-6,9H,7-8H2,(H,22,23,24)/b19-14+. The number of benzene rings is 2. The molecule has 10 heteroatoms. The molecule has 1 amide bonds. The van der Waals surface area contributed by atoms with Gasteiger partial charge in [0.2, 0.25) is 0 Å². The molecule has 0 saturated carbocycles. The second-order valence-electron chi connectivity index (χ2n) is 5.42. The second kappa shape index (κ2) is 7.24. The molecule has 0 unspecified atom stereocenters. The number of anilines is 1. The fraction of sp³-hybridized carbons (Fsp3) is 0.125. The van der Waals surface area contributed by atoms with E-state index in [0.717, 1.165) is 0 Å². The molecular weight excluding hydrogens is 403 g/mol. The monoisotopic (exact) mass is 414 g/mol. The number of nitrogens with zero attached hydrogens (tertiary/aromatic N) is 2. The molecule has 1 aliphatic heterocycles. The number of rotatable bonds is 3. The summed E-state index contributed by atoms with van der Waals surface area (Å²) in [6.45, 7) is 0.225. The summed E-state index contributed by atoms with van der Waals surface area (Å²) in [6.07, 6.45) is 0.226. The topological polar surface area (TPSA) is 96.3 Å². The molecule has 0 radical (unpaired) electrons. The van der Waals surface area contributed by atoms with Crippen molar-refractivity contribution >= 4 is 50.9 Å². The Kier molecular flexibility index (Phi) is 5.19. The Hall–Kier alpha value is -2.13. The van der Waals surface area contributed by atoms with Gasteiger partial charge in [-0.2, -0.15) is 8.42 Å². The van der Waals surface area contributed by atoms with Crippen molar-refractivity contribution in [3.05, 3.63) is 63.6 Å². The van der Waals surface area contributed by atoms with Crippen molar-refractivity contribution in [2.75, 3.05) is 11.4 Å². The molecule has 0 saturated heterocycles. The second-order valence-corrected chi connectivity index (χ2v) is 7.29. The largest absolute Gasteiger partial charge is 0.466 e. The van der Waals surface area contributed by atoms with Crippen LogP contribution in [0.5, 0.6) is 0 Å². The van der Waals surface area contributed by atoms with Crippen LogP contribution < -0.4 is 4.90 Å². The molecule has 0 atom stereocenters. The molecule has 136 valence electrons. The Morgan fingerprint density at radius 3 is 2.42 bits per heavy atom. The molecule has 0 aromatic heterocycles. The molecule has 0 fully saturated rings. The van der Waals surface area contributed by atoms with Gasteiger partial charge < -0.3 is 4.90 Å². The summed E-state index contributed by atoms with van der Waals surface area (Å²) >= 11 is 11.9. The highest BCUT2D eigenvalue weighted by Gasteiger charge is 2.28. The molecule has 0 spiro atoms. The van der Waals surface area contributed by atoms with Gasteiger partial charge in [-0.3, -0.25) is 9.35 Å². The van der Waals surface area contributed by atoms with E-state index in [9.17, 15) is 13.2 Å². The predicted octanol–water partition coefficient (Wildman–Crippen LogP) is 3.57. The smallest absolute Gasteiger partial charge is 0.307 e. The van der Waals surface area contributed by atoms with E-state index in [0.29, 0.717) is 26.9 Å². The Bertz CT molecular complexity index is 990. The van der Waals surface area contributed by atoms with Crippen LogP contribution in [0.15, 0.2) is 47.6 Å². The van der Waals surface area contributed by atoms with Crippen LogP contribution in [0, 0.1) is 0 Å². The minimum atomic E-state index is -4.72. The van der Waals surface area contributed by atoms with Gasteiger partial charge in [0.1, 0.15) is 0 Å². The molecule has 1 N–H and O–H groups in total. The maximum Gasteiger partial charge on any atom is 0.466 e. The van der Waals surface area contributed by atoms with Crippen LogP contribution in [0.1, 0.15) is 22.3 Å². The zero-order chi connectivity index (χ0) is 18.9. The molecule has 2 aromatic carbocycles. The zero-order valence-corrected chi connectivity index (χ0v) is 15.4. The lowest BCUT2D eigenvalue weighted by Crippen LogP contribution is -2.37. The molecule has 0 bridgehead atoms. The van der Waals surface area contributed by atoms with Gasteiger partial charge in [0.15, 0.2) is 0 Å². The number of carbonyl (C=O) groups is 1. The van der Waals surface area contributed by atoms with Gasteiger partial charge in [-0.25, -0.2) is 4.28 Å². The van der Waals surface area contributed by atoms with E-state index in [1.54, 1.807) is 42.5 Å². The highest BCUT2D eigenvalue weighted by Crippen LogP contribution is 2.32. The van der Waals surface area contributed by atoms with E-state index >= 15 is 0 Å². The van der Waals surface area contributed by atoms with Crippen molar-refractivity contribution in [2.45, 2.75) is 6.42 Å². The third-order valence-corrected chi connectivity index (χ3v) is 4.46. The summed E-state index contributed by atoms with van der Waals surface area (Å²) < 4.78 is 34.3. The lowest BCUT2D eigenvalue weighted by molar-refractivity contribution is 0.0987. The van der Waals surface area contributed by atoms with Crippen LogP contribution in [0.3, 0.4) is 0 Å². The van der Waals surface area contributed by atoms with Crippen LogP contribution in [-0.2, 0) is 14.7 Å². The number of oxime groups is 1. The summed E-state index contributed by atoms with van der Waals surface area (Å²) in [5, 5.41) is 4.40. The number of halogens is 2. The minimum absolute atomic E-state index is 0.225. The average Bonchev–Trinajstić information content (AvgIpc) is 2.58. The number of hydrogen-bond acceptors (Lipinski definition) is 5. The van der Waals surface area contributed by atoms with Gasteiger partial charge in [-0.05, 0) is 42.5 Å². The number of hydrogen-bond donors (Lipinski definition) is 1. The Balaban J connectivity index is 2.00. The van der Waals surface area contributed by atoms with Crippen molar-refractivity contribution in [3.8, 4) is 0 Å². The maximum absolute atomic E-state index is 12.8. The highest BCUT2D eigenvalue weighted by molar-refractivity contribution is 7.80. The van der Waals surface area contributed by atoms with E-state index in [4.69, 9.17) is 27.8 Å². The lowest BCUT2D eigenvalue weighted by Gasteiger charge is -2.30. The average molecular weight is 415 g/mol. The summed E-state index contributed by atoms with van der Waals surface area (Å²) in [6, 6.07) is 11.2. The lowest BCUT2D eigenvalue weighted by atomic mass is 9.98. The molecule has 3 rings (SSSR count). The van der Waals surface area contributed by atoms with Crippen molar-refractivity contribution in [1.29, 1.82) is 0 Å². The van der Waals surface area contributed by atoms with Crippen LogP contribution in [0.25, 0.3) is 0 Å². The summed E-state index contributed by atoms with van der Waals surface area (Å²) in [4.78, 5) is 14.4. The molecule has 1 aliphatic rings. The third kappa shape index (κ3) is 4.16. The highest BCUT2D eigenvalue weighted by atomic mass is 35.5. The van der Waals surface area contributed by atoms with Gasteiger partial charge in [-0.1, -0.05) is 28.4 Å².